The van der Waals surface area contributed by atoms with Crippen LogP contribution in [-0.2, 0) is 17.8 Å². The van der Waals surface area contributed by atoms with Gasteiger partial charge in [-0.05, 0) is 41.8 Å². The number of hydrogen-bond acceptors (Lipinski definition) is 4. The molecule has 2 aromatic rings. The number of aryl methyl sites for hydroxylation is 1. The monoisotopic (exact) mass is 409 g/mol. The molecule has 156 valence electrons. The van der Waals surface area contributed by atoms with E-state index in [-0.39, 0.29) is 24.6 Å². The third-order valence-electron chi connectivity index (χ3n) is 4.24. The van der Waals surface area contributed by atoms with Crippen molar-refractivity contribution in [3.8, 4) is 17.2 Å². The summed E-state index contributed by atoms with van der Waals surface area (Å²) >= 11 is 0. The van der Waals surface area contributed by atoms with Crippen LogP contribution >= 0.6 is 0 Å². The van der Waals surface area contributed by atoms with Crippen molar-refractivity contribution in [2.24, 2.45) is 0 Å². The van der Waals surface area contributed by atoms with Crippen LogP contribution < -0.4 is 19.5 Å². The Morgan fingerprint density at radius 3 is 2.62 bits per heavy atom. The van der Waals surface area contributed by atoms with Crippen molar-refractivity contribution in [1.29, 1.82) is 0 Å². The molecule has 1 heterocycles. The molecule has 0 spiro atoms. The van der Waals surface area contributed by atoms with Crippen molar-refractivity contribution in [2.45, 2.75) is 32.0 Å². The van der Waals surface area contributed by atoms with Gasteiger partial charge in [-0.15, -0.1) is 0 Å². The standard InChI is InChI=1S/C21H22F3NO4/c22-21(23,24)14-29-17-4-1-3-16(11-17)13-25-20(26)8-6-15-5-7-18-19(12-15)28-10-2-9-27-18/h1,3-5,7,11-12H,2,6,8-10,13-14H2,(H,25,26). The quantitative estimate of drug-likeness (QED) is 0.750. The molecule has 0 atom stereocenters. The Labute approximate surface area is 166 Å². The molecule has 5 nitrogen and oxygen atoms in total. The number of nitrogens with one attached hydrogen (secondary N) is 1. The van der Waals surface area contributed by atoms with Gasteiger partial charge in [0.1, 0.15) is 5.75 Å². The summed E-state index contributed by atoms with van der Waals surface area (Å²) in [6.45, 7) is 0.0847. The van der Waals surface area contributed by atoms with E-state index in [0.717, 1.165) is 12.0 Å². The molecule has 29 heavy (non-hydrogen) atoms. The molecule has 0 radical (unpaired) electrons. The van der Waals surface area contributed by atoms with E-state index in [1.54, 1.807) is 12.1 Å². The maximum atomic E-state index is 12.2. The molecule has 1 aliphatic heterocycles. The summed E-state index contributed by atoms with van der Waals surface area (Å²) in [6, 6.07) is 11.9. The summed E-state index contributed by atoms with van der Waals surface area (Å²) in [5.74, 6) is 1.36. The van der Waals surface area contributed by atoms with E-state index in [4.69, 9.17) is 14.2 Å². The van der Waals surface area contributed by atoms with E-state index in [0.29, 0.717) is 36.7 Å². The number of carbonyl (C=O) groups excluding carboxylic acids is 1. The van der Waals surface area contributed by atoms with Crippen molar-refractivity contribution >= 4 is 5.91 Å². The molecular weight excluding hydrogens is 387 g/mol. The highest BCUT2D eigenvalue weighted by Gasteiger charge is 2.28. The number of halogens is 3. The fourth-order valence-corrected chi connectivity index (χ4v) is 2.82. The van der Waals surface area contributed by atoms with E-state index >= 15 is 0 Å². The number of benzene rings is 2. The minimum Gasteiger partial charge on any atom is -0.490 e. The number of amides is 1. The molecule has 0 saturated heterocycles. The Bertz CT molecular complexity index is 839. The summed E-state index contributed by atoms with van der Waals surface area (Å²) in [5, 5.41) is 2.77. The third kappa shape index (κ3) is 6.89. The Kier molecular flexibility index (Phi) is 6.85. The Morgan fingerprint density at radius 1 is 1.03 bits per heavy atom. The van der Waals surface area contributed by atoms with E-state index in [9.17, 15) is 18.0 Å². The number of hydrogen-bond donors (Lipinski definition) is 1. The van der Waals surface area contributed by atoms with Gasteiger partial charge < -0.3 is 19.5 Å². The average Bonchev–Trinajstić information content (AvgIpc) is 2.94. The first kappa shape index (κ1) is 20.8. The number of rotatable bonds is 7. The highest BCUT2D eigenvalue weighted by molar-refractivity contribution is 5.76. The van der Waals surface area contributed by atoms with Gasteiger partial charge in [0.25, 0.3) is 0 Å². The van der Waals surface area contributed by atoms with Crippen molar-refractivity contribution in [3.05, 3.63) is 53.6 Å². The van der Waals surface area contributed by atoms with E-state index in [2.05, 4.69) is 5.32 Å². The lowest BCUT2D eigenvalue weighted by molar-refractivity contribution is -0.153. The average molecular weight is 409 g/mol. The molecule has 0 unspecified atom stereocenters. The predicted molar refractivity (Wildman–Crippen MR) is 100 cm³/mol. The number of fused-ring (bicyclic) bond motifs is 1. The van der Waals surface area contributed by atoms with Gasteiger partial charge in [-0.2, -0.15) is 13.2 Å². The summed E-state index contributed by atoms with van der Waals surface area (Å²) in [7, 11) is 0. The zero-order valence-corrected chi connectivity index (χ0v) is 15.8. The second-order valence-corrected chi connectivity index (χ2v) is 6.66. The van der Waals surface area contributed by atoms with Gasteiger partial charge in [0.15, 0.2) is 18.1 Å². The van der Waals surface area contributed by atoms with Crippen LogP contribution in [0.25, 0.3) is 0 Å². The number of carbonyl (C=O) groups is 1. The molecule has 0 aromatic heterocycles. The lowest BCUT2D eigenvalue weighted by Gasteiger charge is -2.11. The molecule has 1 aliphatic rings. The smallest absolute Gasteiger partial charge is 0.422 e. The molecule has 3 rings (SSSR count). The maximum Gasteiger partial charge on any atom is 0.422 e. The van der Waals surface area contributed by atoms with Crippen molar-refractivity contribution in [2.75, 3.05) is 19.8 Å². The molecule has 1 amide bonds. The van der Waals surface area contributed by atoms with Crippen LogP contribution in [0.2, 0.25) is 0 Å². The summed E-state index contributed by atoms with van der Waals surface area (Å²) in [6.07, 6.45) is -2.74. The van der Waals surface area contributed by atoms with Gasteiger partial charge in [0.05, 0.1) is 13.2 Å². The first-order valence-electron chi connectivity index (χ1n) is 9.33. The molecule has 1 N–H and O–H groups in total. The minimum absolute atomic E-state index is 0.112. The van der Waals surface area contributed by atoms with Crippen LogP contribution in [0, 0.1) is 0 Å². The van der Waals surface area contributed by atoms with Gasteiger partial charge in [0.2, 0.25) is 5.91 Å². The van der Waals surface area contributed by atoms with E-state index < -0.39 is 12.8 Å². The van der Waals surface area contributed by atoms with Crippen LogP contribution in [-0.4, -0.2) is 31.9 Å². The summed E-state index contributed by atoms with van der Waals surface area (Å²) in [5.41, 5.74) is 1.63. The fraction of sp³-hybridized carbons (Fsp3) is 0.381. The van der Waals surface area contributed by atoms with Crippen LogP contribution in [0.15, 0.2) is 42.5 Å². The number of alkyl halides is 3. The lowest BCUT2D eigenvalue weighted by Crippen LogP contribution is -2.23. The zero-order valence-electron chi connectivity index (χ0n) is 15.8. The van der Waals surface area contributed by atoms with Gasteiger partial charge in [0, 0.05) is 19.4 Å². The van der Waals surface area contributed by atoms with Gasteiger partial charge in [-0.25, -0.2) is 0 Å². The maximum absolute atomic E-state index is 12.2. The fourth-order valence-electron chi connectivity index (χ4n) is 2.82. The van der Waals surface area contributed by atoms with Gasteiger partial charge in [-0.1, -0.05) is 18.2 Å². The highest BCUT2D eigenvalue weighted by atomic mass is 19.4. The Morgan fingerprint density at radius 2 is 1.83 bits per heavy atom. The van der Waals surface area contributed by atoms with Crippen LogP contribution in [0.5, 0.6) is 17.2 Å². The molecule has 0 bridgehead atoms. The van der Waals surface area contributed by atoms with Crippen molar-refractivity contribution < 1.29 is 32.2 Å². The van der Waals surface area contributed by atoms with Crippen LogP contribution in [0.1, 0.15) is 24.0 Å². The highest BCUT2D eigenvalue weighted by Crippen LogP contribution is 2.30. The van der Waals surface area contributed by atoms with Crippen molar-refractivity contribution in [1.82, 2.24) is 5.32 Å². The van der Waals surface area contributed by atoms with E-state index in [1.807, 2.05) is 18.2 Å². The molecular formula is C21H22F3NO4. The largest absolute Gasteiger partial charge is 0.490 e. The predicted octanol–water partition coefficient (Wildman–Crippen LogP) is 4.04. The normalized spacial score (nSPS) is 13.5. The first-order valence-corrected chi connectivity index (χ1v) is 9.33. The zero-order chi connectivity index (χ0) is 20.7. The molecule has 0 aliphatic carbocycles. The molecule has 0 saturated carbocycles. The third-order valence-corrected chi connectivity index (χ3v) is 4.24. The summed E-state index contributed by atoms with van der Waals surface area (Å²) < 4.78 is 52.7. The second-order valence-electron chi connectivity index (χ2n) is 6.66. The van der Waals surface area contributed by atoms with Gasteiger partial charge in [-0.3, -0.25) is 4.79 Å². The SMILES string of the molecule is O=C(CCc1ccc2c(c1)OCCCO2)NCc1cccc(OCC(F)(F)F)c1. The molecule has 0 fully saturated rings. The second kappa shape index (κ2) is 9.54. The first-order chi connectivity index (χ1) is 13.9. The lowest BCUT2D eigenvalue weighted by atomic mass is 10.1. The van der Waals surface area contributed by atoms with Crippen LogP contribution in [0.3, 0.4) is 0 Å². The topological polar surface area (TPSA) is 56.8 Å². The molecule has 8 heteroatoms. The van der Waals surface area contributed by atoms with E-state index in [1.165, 1.54) is 12.1 Å². The minimum atomic E-state index is -4.39. The van der Waals surface area contributed by atoms with Gasteiger partial charge >= 0.3 is 6.18 Å². The Balaban J connectivity index is 1.46. The number of ether oxygens (including phenoxy) is 3. The Hall–Kier alpha value is -2.90. The molecule has 2 aromatic carbocycles. The summed E-state index contributed by atoms with van der Waals surface area (Å²) in [4.78, 5) is 12.1. The van der Waals surface area contributed by atoms with Crippen LogP contribution in [0.4, 0.5) is 13.2 Å². The van der Waals surface area contributed by atoms with Crippen molar-refractivity contribution in [3.63, 3.8) is 0 Å².